The van der Waals surface area contributed by atoms with Gasteiger partial charge >= 0.3 is 0 Å². The number of aryl methyl sites for hydroxylation is 1. The minimum Gasteiger partial charge on any atom is -0.241 e. The molecule has 0 saturated carbocycles. The van der Waals surface area contributed by atoms with Crippen LogP contribution >= 0.6 is 0 Å². The standard InChI is InChI=1S/C17H17NO4S/c1-13-3-6-16(7-4-13)23(19,20)18-10-9-15-11-14(12-22-21-2)5-8-17(15)18/h3-11H,12H2,1-2H3. The van der Waals surface area contributed by atoms with Crippen LogP contribution in [0.3, 0.4) is 0 Å². The second kappa shape index (κ2) is 6.16. The molecular formula is C17H17NO4S. The number of benzene rings is 2. The predicted octanol–water partition coefficient (Wildman–Crippen LogP) is 3.26. The zero-order chi connectivity index (χ0) is 16.4. The van der Waals surface area contributed by atoms with Crippen molar-refractivity contribution in [2.24, 2.45) is 0 Å². The van der Waals surface area contributed by atoms with Crippen LogP contribution in [-0.2, 0) is 26.4 Å². The van der Waals surface area contributed by atoms with Crippen molar-refractivity contribution in [3.8, 4) is 0 Å². The monoisotopic (exact) mass is 331 g/mol. The minimum atomic E-state index is -3.61. The summed E-state index contributed by atoms with van der Waals surface area (Å²) in [5, 5.41) is 0.831. The summed E-state index contributed by atoms with van der Waals surface area (Å²) < 4.78 is 26.9. The molecular weight excluding hydrogens is 314 g/mol. The van der Waals surface area contributed by atoms with Crippen LogP contribution in [-0.4, -0.2) is 19.5 Å². The molecule has 3 rings (SSSR count). The number of fused-ring (bicyclic) bond motifs is 1. The van der Waals surface area contributed by atoms with E-state index >= 15 is 0 Å². The van der Waals surface area contributed by atoms with Gasteiger partial charge in [-0.1, -0.05) is 23.8 Å². The van der Waals surface area contributed by atoms with E-state index in [1.54, 1.807) is 42.6 Å². The molecule has 1 aromatic heterocycles. The molecule has 5 nitrogen and oxygen atoms in total. The maximum absolute atomic E-state index is 12.8. The average Bonchev–Trinajstić information content (AvgIpc) is 2.97. The SMILES string of the molecule is COOCc1ccc2c(ccn2S(=O)(=O)c2ccc(C)cc2)c1. The lowest BCUT2D eigenvalue weighted by molar-refractivity contribution is -0.282. The van der Waals surface area contributed by atoms with E-state index < -0.39 is 10.0 Å². The molecule has 0 spiro atoms. The van der Waals surface area contributed by atoms with Gasteiger partial charge in [0.15, 0.2) is 0 Å². The molecule has 0 saturated heterocycles. The number of nitrogens with zero attached hydrogens (tertiary/aromatic N) is 1. The van der Waals surface area contributed by atoms with Gasteiger partial charge in [-0.3, -0.25) is 0 Å². The van der Waals surface area contributed by atoms with E-state index in [1.807, 2.05) is 19.1 Å². The van der Waals surface area contributed by atoms with Gasteiger partial charge < -0.3 is 0 Å². The molecule has 6 heteroatoms. The molecule has 0 bridgehead atoms. The van der Waals surface area contributed by atoms with Crippen LogP contribution in [0, 0.1) is 6.92 Å². The molecule has 0 N–H and O–H groups in total. The van der Waals surface area contributed by atoms with Crippen LogP contribution in [0.1, 0.15) is 11.1 Å². The van der Waals surface area contributed by atoms with Gasteiger partial charge in [-0.2, -0.15) is 0 Å². The molecule has 1 heterocycles. The third-order valence-electron chi connectivity index (χ3n) is 3.64. The molecule has 0 aliphatic carbocycles. The molecule has 2 aromatic carbocycles. The van der Waals surface area contributed by atoms with Gasteiger partial charge in [0.05, 0.1) is 17.5 Å². The van der Waals surface area contributed by atoms with E-state index in [9.17, 15) is 8.42 Å². The summed E-state index contributed by atoms with van der Waals surface area (Å²) in [7, 11) is -2.16. The third-order valence-corrected chi connectivity index (χ3v) is 5.34. The second-order valence-electron chi connectivity index (χ2n) is 5.25. The Balaban J connectivity index is 2.04. The fourth-order valence-electron chi connectivity index (χ4n) is 2.42. The first-order chi connectivity index (χ1) is 11.0. The molecule has 0 aliphatic heterocycles. The average molecular weight is 331 g/mol. The van der Waals surface area contributed by atoms with Crippen LogP contribution < -0.4 is 0 Å². The summed E-state index contributed by atoms with van der Waals surface area (Å²) in [6.07, 6.45) is 1.57. The summed E-state index contributed by atoms with van der Waals surface area (Å²) >= 11 is 0. The maximum Gasteiger partial charge on any atom is 0.268 e. The third kappa shape index (κ3) is 3.01. The summed E-state index contributed by atoms with van der Waals surface area (Å²) in [4.78, 5) is 9.75. The maximum atomic E-state index is 12.8. The number of hydrogen-bond donors (Lipinski definition) is 0. The lowest BCUT2D eigenvalue weighted by atomic mass is 10.2. The molecule has 0 fully saturated rings. The fraction of sp³-hybridized carbons (Fsp3) is 0.176. The highest BCUT2D eigenvalue weighted by Gasteiger charge is 2.18. The van der Waals surface area contributed by atoms with Gasteiger partial charge in [-0.05, 0) is 42.8 Å². The Hall–Kier alpha value is -2.15. The van der Waals surface area contributed by atoms with Crippen molar-refractivity contribution >= 4 is 20.9 Å². The molecule has 0 radical (unpaired) electrons. The molecule has 0 aliphatic rings. The zero-order valence-electron chi connectivity index (χ0n) is 12.9. The van der Waals surface area contributed by atoms with Gasteiger partial charge in [0.1, 0.15) is 6.61 Å². The van der Waals surface area contributed by atoms with Crippen molar-refractivity contribution in [2.75, 3.05) is 7.11 Å². The van der Waals surface area contributed by atoms with Crippen molar-refractivity contribution in [1.29, 1.82) is 0 Å². The minimum absolute atomic E-state index is 0.271. The first-order valence-electron chi connectivity index (χ1n) is 7.10. The van der Waals surface area contributed by atoms with Crippen LogP contribution in [0.5, 0.6) is 0 Å². The molecule has 3 aromatic rings. The Kier molecular flexibility index (Phi) is 4.21. The second-order valence-corrected chi connectivity index (χ2v) is 7.07. The van der Waals surface area contributed by atoms with Gasteiger partial charge in [0, 0.05) is 11.6 Å². The van der Waals surface area contributed by atoms with E-state index in [2.05, 4.69) is 4.89 Å². The van der Waals surface area contributed by atoms with Gasteiger partial charge in [-0.25, -0.2) is 22.2 Å². The highest BCUT2D eigenvalue weighted by atomic mass is 32.2. The van der Waals surface area contributed by atoms with Crippen LogP contribution in [0.25, 0.3) is 10.9 Å². The normalized spacial score (nSPS) is 11.9. The molecule has 120 valence electrons. The van der Waals surface area contributed by atoms with Gasteiger partial charge in [-0.15, -0.1) is 0 Å². The Bertz CT molecular complexity index is 927. The van der Waals surface area contributed by atoms with Crippen molar-refractivity contribution < 1.29 is 18.2 Å². The highest BCUT2D eigenvalue weighted by Crippen LogP contribution is 2.23. The number of rotatable bonds is 5. The summed E-state index contributed by atoms with van der Waals surface area (Å²) in [5.41, 5.74) is 2.56. The summed E-state index contributed by atoms with van der Waals surface area (Å²) in [6, 6.07) is 14.1. The number of hydrogen-bond acceptors (Lipinski definition) is 4. The van der Waals surface area contributed by atoms with Crippen molar-refractivity contribution in [2.45, 2.75) is 18.4 Å². The highest BCUT2D eigenvalue weighted by molar-refractivity contribution is 7.90. The largest absolute Gasteiger partial charge is 0.268 e. The van der Waals surface area contributed by atoms with Crippen LogP contribution in [0.15, 0.2) is 59.6 Å². The van der Waals surface area contributed by atoms with Crippen molar-refractivity contribution in [1.82, 2.24) is 3.97 Å². The Morgan fingerprint density at radius 2 is 1.78 bits per heavy atom. The smallest absolute Gasteiger partial charge is 0.241 e. The summed E-state index contributed by atoms with van der Waals surface area (Å²) in [5.74, 6) is 0. The van der Waals surface area contributed by atoms with E-state index in [0.717, 1.165) is 16.5 Å². The van der Waals surface area contributed by atoms with Crippen molar-refractivity contribution in [3.05, 3.63) is 65.9 Å². The topological polar surface area (TPSA) is 57.5 Å². The molecule has 23 heavy (non-hydrogen) atoms. The molecule has 0 amide bonds. The lowest BCUT2D eigenvalue weighted by Crippen LogP contribution is -2.11. The van der Waals surface area contributed by atoms with E-state index in [-0.39, 0.29) is 4.90 Å². The molecule has 0 unspecified atom stereocenters. The molecule has 0 atom stereocenters. The van der Waals surface area contributed by atoms with E-state index in [1.165, 1.54) is 11.1 Å². The Morgan fingerprint density at radius 3 is 2.48 bits per heavy atom. The first kappa shape index (κ1) is 15.7. The lowest BCUT2D eigenvalue weighted by Gasteiger charge is -2.08. The van der Waals surface area contributed by atoms with Gasteiger partial charge in [0.25, 0.3) is 10.0 Å². The van der Waals surface area contributed by atoms with Gasteiger partial charge in [0.2, 0.25) is 0 Å². The van der Waals surface area contributed by atoms with Crippen LogP contribution in [0.4, 0.5) is 0 Å². The Labute approximate surface area is 135 Å². The first-order valence-corrected chi connectivity index (χ1v) is 8.54. The quantitative estimate of drug-likeness (QED) is 0.532. The predicted molar refractivity (Wildman–Crippen MR) is 87.5 cm³/mol. The van der Waals surface area contributed by atoms with Crippen LogP contribution in [0.2, 0.25) is 0 Å². The zero-order valence-corrected chi connectivity index (χ0v) is 13.7. The summed E-state index contributed by atoms with van der Waals surface area (Å²) in [6.45, 7) is 2.23. The Morgan fingerprint density at radius 1 is 1.04 bits per heavy atom. The van der Waals surface area contributed by atoms with E-state index in [0.29, 0.717) is 12.1 Å². The van der Waals surface area contributed by atoms with E-state index in [4.69, 9.17) is 4.89 Å². The van der Waals surface area contributed by atoms with Crippen molar-refractivity contribution in [3.63, 3.8) is 0 Å². The number of aromatic nitrogens is 1. The fourth-order valence-corrected chi connectivity index (χ4v) is 3.77.